The van der Waals surface area contributed by atoms with Crippen molar-refractivity contribution in [3.63, 3.8) is 0 Å². The predicted octanol–water partition coefficient (Wildman–Crippen LogP) is 2.51. The molecule has 1 atom stereocenters. The van der Waals surface area contributed by atoms with Crippen molar-refractivity contribution in [3.8, 4) is 11.8 Å². The third-order valence-electron chi connectivity index (χ3n) is 3.61. The second-order valence-electron chi connectivity index (χ2n) is 5.02. The van der Waals surface area contributed by atoms with Crippen molar-refractivity contribution in [1.82, 2.24) is 0 Å². The molecule has 2 rings (SSSR count). The Hall–Kier alpha value is -3.20. The van der Waals surface area contributed by atoms with Gasteiger partial charge in [0.05, 0.1) is 18.6 Å². The summed E-state index contributed by atoms with van der Waals surface area (Å²) in [7, 11) is 1.52. The van der Waals surface area contributed by atoms with Gasteiger partial charge in [0.15, 0.2) is 0 Å². The van der Waals surface area contributed by atoms with Crippen molar-refractivity contribution in [3.05, 3.63) is 65.3 Å². The van der Waals surface area contributed by atoms with Crippen molar-refractivity contribution in [2.75, 3.05) is 13.7 Å². The lowest BCUT2D eigenvalue weighted by atomic mass is 9.82. The van der Waals surface area contributed by atoms with Crippen LogP contribution in [-0.2, 0) is 14.3 Å². The summed E-state index contributed by atoms with van der Waals surface area (Å²) in [6, 6.07) is 9.14. The summed E-state index contributed by atoms with van der Waals surface area (Å²) in [6.07, 6.45) is 1.46. The van der Waals surface area contributed by atoms with Gasteiger partial charge in [0.2, 0.25) is 5.88 Å². The van der Waals surface area contributed by atoms with Crippen molar-refractivity contribution in [2.24, 2.45) is 5.73 Å². The van der Waals surface area contributed by atoms with E-state index in [2.05, 4.69) is 6.58 Å². The number of rotatable bonds is 5. The molecule has 0 aliphatic carbocycles. The number of carbonyl (C=O) groups is 1. The van der Waals surface area contributed by atoms with Gasteiger partial charge in [0, 0.05) is 5.56 Å². The average molecular weight is 326 g/mol. The lowest BCUT2D eigenvalue weighted by Crippen LogP contribution is -2.25. The number of benzene rings is 1. The molecule has 1 aromatic carbocycles. The third-order valence-corrected chi connectivity index (χ3v) is 3.61. The summed E-state index contributed by atoms with van der Waals surface area (Å²) in [4.78, 5) is 12.5. The number of allylic oxidation sites excluding steroid dienone is 2. The molecule has 1 aromatic rings. The highest BCUT2D eigenvalue weighted by Crippen LogP contribution is 2.42. The Labute approximate surface area is 140 Å². The number of nitriles is 1. The minimum Gasteiger partial charge on any atom is -0.496 e. The van der Waals surface area contributed by atoms with Crippen LogP contribution in [0.2, 0.25) is 0 Å². The Morgan fingerprint density at radius 2 is 2.21 bits per heavy atom. The molecule has 0 aromatic heterocycles. The summed E-state index contributed by atoms with van der Waals surface area (Å²) in [5.41, 5.74) is 6.84. The van der Waals surface area contributed by atoms with Crippen LogP contribution in [-0.4, -0.2) is 19.7 Å². The van der Waals surface area contributed by atoms with Crippen LogP contribution in [0, 0.1) is 11.3 Å². The number of methoxy groups -OCH3 is 1. The highest BCUT2D eigenvalue weighted by atomic mass is 16.5. The number of ether oxygens (including phenoxy) is 3. The number of hydrogen-bond acceptors (Lipinski definition) is 6. The number of nitrogens with two attached hydrogens (primary N) is 1. The fraction of sp³-hybridized carbons (Fsp3) is 0.222. The quantitative estimate of drug-likeness (QED) is 0.660. The molecule has 0 bridgehead atoms. The molecule has 0 radical (unpaired) electrons. The normalized spacial score (nSPS) is 17.0. The van der Waals surface area contributed by atoms with Gasteiger partial charge in [0.1, 0.15) is 29.8 Å². The van der Waals surface area contributed by atoms with Crippen LogP contribution in [0.1, 0.15) is 18.4 Å². The zero-order valence-electron chi connectivity index (χ0n) is 13.5. The molecule has 1 aliphatic rings. The maximum atomic E-state index is 12.5. The Bertz CT molecular complexity index is 771. The van der Waals surface area contributed by atoms with E-state index in [1.54, 1.807) is 31.2 Å². The Kier molecular flexibility index (Phi) is 5.27. The molecule has 24 heavy (non-hydrogen) atoms. The Balaban J connectivity index is 2.62. The van der Waals surface area contributed by atoms with E-state index in [1.807, 2.05) is 6.07 Å². The monoisotopic (exact) mass is 326 g/mol. The van der Waals surface area contributed by atoms with Gasteiger partial charge in [-0.25, -0.2) is 4.79 Å². The van der Waals surface area contributed by atoms with Crippen LogP contribution in [0.4, 0.5) is 0 Å². The number of carbonyl (C=O) groups excluding carboxylic acids is 1. The van der Waals surface area contributed by atoms with Gasteiger partial charge in [-0.15, -0.1) is 0 Å². The summed E-state index contributed by atoms with van der Waals surface area (Å²) in [5, 5.41) is 9.52. The van der Waals surface area contributed by atoms with Crippen molar-refractivity contribution < 1.29 is 19.0 Å². The minimum absolute atomic E-state index is 0.0359. The predicted molar refractivity (Wildman–Crippen MR) is 87.5 cm³/mol. The fourth-order valence-corrected chi connectivity index (χ4v) is 2.57. The summed E-state index contributed by atoms with van der Waals surface area (Å²) >= 11 is 0. The molecule has 6 nitrogen and oxygen atoms in total. The SMILES string of the molecule is C=CCOC(=O)C1=C(C)OC(N)=C(C#N)C1c1ccccc1OC. The minimum atomic E-state index is -0.725. The summed E-state index contributed by atoms with van der Waals surface area (Å²) < 4.78 is 15.9. The Morgan fingerprint density at radius 3 is 2.83 bits per heavy atom. The largest absolute Gasteiger partial charge is 0.496 e. The highest BCUT2D eigenvalue weighted by Gasteiger charge is 2.37. The van der Waals surface area contributed by atoms with E-state index in [0.717, 1.165) is 0 Å². The van der Waals surface area contributed by atoms with Crippen LogP contribution < -0.4 is 10.5 Å². The van der Waals surface area contributed by atoms with Gasteiger partial charge in [-0.3, -0.25) is 0 Å². The first kappa shape index (κ1) is 17.2. The van der Waals surface area contributed by atoms with Crippen LogP contribution >= 0.6 is 0 Å². The zero-order chi connectivity index (χ0) is 17.7. The van der Waals surface area contributed by atoms with E-state index in [4.69, 9.17) is 19.9 Å². The summed E-state index contributed by atoms with van der Waals surface area (Å²) in [6.45, 7) is 5.17. The van der Waals surface area contributed by atoms with Crippen LogP contribution in [0.15, 0.2) is 59.7 Å². The van der Waals surface area contributed by atoms with Crippen molar-refractivity contribution in [1.29, 1.82) is 5.26 Å². The molecule has 0 saturated heterocycles. The van der Waals surface area contributed by atoms with Gasteiger partial charge < -0.3 is 19.9 Å². The van der Waals surface area contributed by atoms with E-state index >= 15 is 0 Å². The van der Waals surface area contributed by atoms with E-state index in [1.165, 1.54) is 13.2 Å². The summed E-state index contributed by atoms with van der Waals surface area (Å²) in [5.74, 6) is -0.532. The van der Waals surface area contributed by atoms with E-state index in [-0.39, 0.29) is 29.4 Å². The van der Waals surface area contributed by atoms with Crippen LogP contribution in [0.5, 0.6) is 5.75 Å². The maximum Gasteiger partial charge on any atom is 0.338 e. The lowest BCUT2D eigenvalue weighted by molar-refractivity contribution is -0.138. The van der Waals surface area contributed by atoms with E-state index < -0.39 is 11.9 Å². The fourth-order valence-electron chi connectivity index (χ4n) is 2.57. The van der Waals surface area contributed by atoms with Gasteiger partial charge in [-0.2, -0.15) is 5.26 Å². The smallest absolute Gasteiger partial charge is 0.338 e. The molecule has 0 saturated carbocycles. The number of nitrogens with zero attached hydrogens (tertiary/aromatic N) is 1. The molecule has 1 heterocycles. The molecule has 124 valence electrons. The number of hydrogen-bond donors (Lipinski definition) is 1. The number of para-hydroxylation sites is 1. The van der Waals surface area contributed by atoms with Crippen molar-refractivity contribution in [2.45, 2.75) is 12.8 Å². The maximum absolute atomic E-state index is 12.5. The number of esters is 1. The average Bonchev–Trinajstić information content (AvgIpc) is 2.59. The van der Waals surface area contributed by atoms with Crippen LogP contribution in [0.25, 0.3) is 0 Å². The van der Waals surface area contributed by atoms with Gasteiger partial charge in [-0.1, -0.05) is 30.9 Å². The van der Waals surface area contributed by atoms with Gasteiger partial charge >= 0.3 is 5.97 Å². The molecule has 6 heteroatoms. The topological polar surface area (TPSA) is 94.6 Å². The van der Waals surface area contributed by atoms with E-state index in [9.17, 15) is 10.1 Å². The standard InChI is InChI=1S/C18H18N2O4/c1-4-9-23-18(21)15-11(2)24-17(20)13(10-19)16(15)12-7-5-6-8-14(12)22-3/h4-8,16H,1,9,20H2,2-3H3. The molecular weight excluding hydrogens is 308 g/mol. The van der Waals surface area contributed by atoms with Gasteiger partial charge in [0.25, 0.3) is 0 Å². The molecule has 1 unspecified atom stereocenters. The van der Waals surface area contributed by atoms with Gasteiger partial charge in [-0.05, 0) is 13.0 Å². The second kappa shape index (κ2) is 7.38. The lowest BCUT2D eigenvalue weighted by Gasteiger charge is -2.27. The van der Waals surface area contributed by atoms with Crippen LogP contribution in [0.3, 0.4) is 0 Å². The Morgan fingerprint density at radius 1 is 1.50 bits per heavy atom. The van der Waals surface area contributed by atoms with E-state index in [0.29, 0.717) is 11.3 Å². The molecule has 2 N–H and O–H groups in total. The zero-order valence-corrected chi connectivity index (χ0v) is 13.5. The second-order valence-corrected chi connectivity index (χ2v) is 5.02. The molecule has 0 amide bonds. The first-order valence-electron chi connectivity index (χ1n) is 7.24. The molecule has 0 spiro atoms. The first-order chi connectivity index (χ1) is 11.5. The third kappa shape index (κ3) is 3.10. The first-order valence-corrected chi connectivity index (χ1v) is 7.24. The highest BCUT2D eigenvalue weighted by molar-refractivity contribution is 5.92. The van der Waals surface area contributed by atoms with Crippen molar-refractivity contribution >= 4 is 5.97 Å². The molecule has 1 aliphatic heterocycles. The molecule has 0 fully saturated rings. The molecular formula is C18H18N2O4.